The lowest BCUT2D eigenvalue weighted by molar-refractivity contribution is 0.593. The summed E-state index contributed by atoms with van der Waals surface area (Å²) < 4.78 is 25.6. The summed E-state index contributed by atoms with van der Waals surface area (Å²) in [7, 11) is -2.29. The summed E-state index contributed by atoms with van der Waals surface area (Å²) in [5.41, 5.74) is 5.97. The van der Waals surface area contributed by atoms with E-state index in [1.807, 2.05) is 0 Å². The summed E-state index contributed by atoms with van der Waals surface area (Å²) in [5.74, 6) is 0.111. The highest BCUT2D eigenvalue weighted by Gasteiger charge is 2.22. The summed E-state index contributed by atoms with van der Waals surface area (Å²) in [6.45, 7) is 0. The van der Waals surface area contributed by atoms with Crippen LogP contribution in [0.5, 0.6) is 0 Å². The Morgan fingerprint density at radius 3 is 2.44 bits per heavy atom. The van der Waals surface area contributed by atoms with Crippen LogP contribution >= 0.6 is 0 Å². The number of aromatic nitrogens is 2. The van der Waals surface area contributed by atoms with Gasteiger partial charge < -0.3 is 5.73 Å². The van der Waals surface area contributed by atoms with Gasteiger partial charge in [0.15, 0.2) is 0 Å². The number of benzene rings is 1. The van der Waals surface area contributed by atoms with Crippen molar-refractivity contribution in [2.24, 2.45) is 0 Å². The van der Waals surface area contributed by atoms with E-state index in [1.54, 1.807) is 18.2 Å². The van der Waals surface area contributed by atoms with Gasteiger partial charge in [0.05, 0.1) is 4.90 Å². The highest BCUT2D eigenvalue weighted by atomic mass is 32.2. The van der Waals surface area contributed by atoms with Gasteiger partial charge in [0.1, 0.15) is 0 Å². The highest BCUT2D eigenvalue weighted by molar-refractivity contribution is 7.92. The van der Waals surface area contributed by atoms with Crippen LogP contribution in [0.1, 0.15) is 0 Å². The molecule has 0 aliphatic rings. The molecule has 0 aliphatic heterocycles. The van der Waals surface area contributed by atoms with Crippen molar-refractivity contribution in [3.63, 3.8) is 0 Å². The molecule has 0 radical (unpaired) electrons. The van der Waals surface area contributed by atoms with Gasteiger partial charge in [-0.3, -0.25) is 0 Å². The van der Waals surface area contributed by atoms with Crippen molar-refractivity contribution in [2.45, 2.75) is 4.90 Å². The van der Waals surface area contributed by atoms with E-state index < -0.39 is 10.0 Å². The quantitative estimate of drug-likeness (QED) is 0.831. The van der Waals surface area contributed by atoms with Gasteiger partial charge in [0, 0.05) is 25.1 Å². The smallest absolute Gasteiger partial charge is 0.266 e. The molecule has 18 heavy (non-hydrogen) atoms. The van der Waals surface area contributed by atoms with Crippen molar-refractivity contribution in [1.82, 2.24) is 9.97 Å². The van der Waals surface area contributed by atoms with Crippen LogP contribution in [-0.4, -0.2) is 25.4 Å². The van der Waals surface area contributed by atoms with Crippen molar-refractivity contribution in [3.05, 3.63) is 42.7 Å². The minimum absolute atomic E-state index is 0.109. The van der Waals surface area contributed by atoms with E-state index in [1.165, 1.54) is 31.6 Å². The maximum Gasteiger partial charge on any atom is 0.266 e. The molecule has 6 nitrogen and oxygen atoms in total. The second-order valence-corrected chi connectivity index (χ2v) is 5.56. The largest absolute Gasteiger partial charge is 0.399 e. The van der Waals surface area contributed by atoms with Gasteiger partial charge >= 0.3 is 0 Å². The average molecular weight is 264 g/mol. The molecule has 2 N–H and O–H groups in total. The van der Waals surface area contributed by atoms with Gasteiger partial charge in [0.2, 0.25) is 5.95 Å². The Labute approximate surface area is 105 Å². The molecule has 1 heterocycles. The van der Waals surface area contributed by atoms with Crippen molar-refractivity contribution in [2.75, 3.05) is 17.1 Å². The molecule has 0 aliphatic carbocycles. The normalized spacial score (nSPS) is 11.2. The summed E-state index contributed by atoms with van der Waals surface area (Å²) in [6, 6.07) is 7.70. The molecule has 7 heteroatoms. The van der Waals surface area contributed by atoms with Gasteiger partial charge in [0.25, 0.3) is 10.0 Å². The standard InChI is InChI=1S/C11H12N4O2S/c1-15(11-13-6-3-7-14-11)18(16,17)10-5-2-4-9(12)8-10/h2-8H,12H2,1H3. The van der Waals surface area contributed by atoms with E-state index in [4.69, 9.17) is 5.73 Å². The fourth-order valence-electron chi connectivity index (χ4n) is 1.39. The number of nitrogens with two attached hydrogens (primary N) is 1. The fraction of sp³-hybridized carbons (Fsp3) is 0.0909. The summed E-state index contributed by atoms with van der Waals surface area (Å²) in [4.78, 5) is 7.90. The van der Waals surface area contributed by atoms with Crippen LogP contribution in [0, 0.1) is 0 Å². The zero-order valence-corrected chi connectivity index (χ0v) is 10.5. The molecule has 0 unspecified atom stereocenters. The Kier molecular flexibility index (Phi) is 3.15. The first kappa shape index (κ1) is 12.3. The van der Waals surface area contributed by atoms with E-state index in [-0.39, 0.29) is 10.8 Å². The Morgan fingerprint density at radius 2 is 1.83 bits per heavy atom. The average Bonchev–Trinajstić information content (AvgIpc) is 2.39. The zero-order chi connectivity index (χ0) is 13.2. The first-order valence-corrected chi connectivity index (χ1v) is 6.57. The minimum atomic E-state index is -3.69. The third kappa shape index (κ3) is 2.25. The van der Waals surface area contributed by atoms with Crippen molar-refractivity contribution >= 4 is 21.7 Å². The first-order chi connectivity index (χ1) is 8.51. The van der Waals surface area contributed by atoms with E-state index >= 15 is 0 Å². The molecule has 0 fully saturated rings. The molecular weight excluding hydrogens is 252 g/mol. The molecule has 1 aromatic heterocycles. The predicted octanol–water partition coefficient (Wildman–Crippen LogP) is 0.884. The van der Waals surface area contributed by atoms with Crippen LogP contribution in [0.3, 0.4) is 0 Å². The second kappa shape index (κ2) is 4.61. The number of nitrogens with zero attached hydrogens (tertiary/aromatic N) is 3. The lowest BCUT2D eigenvalue weighted by Crippen LogP contribution is -2.28. The maximum absolute atomic E-state index is 12.3. The van der Waals surface area contributed by atoms with E-state index in [0.29, 0.717) is 5.69 Å². The number of hydrogen-bond donors (Lipinski definition) is 1. The Morgan fingerprint density at radius 1 is 1.17 bits per heavy atom. The first-order valence-electron chi connectivity index (χ1n) is 5.13. The van der Waals surface area contributed by atoms with Crippen molar-refractivity contribution < 1.29 is 8.42 Å². The van der Waals surface area contributed by atoms with Gasteiger partial charge in [-0.2, -0.15) is 0 Å². The highest BCUT2D eigenvalue weighted by Crippen LogP contribution is 2.19. The molecule has 0 saturated heterocycles. The Bertz CT molecular complexity index is 643. The summed E-state index contributed by atoms with van der Waals surface area (Å²) >= 11 is 0. The molecule has 0 atom stereocenters. The molecule has 94 valence electrons. The van der Waals surface area contributed by atoms with Crippen LogP contribution in [0.15, 0.2) is 47.6 Å². The lowest BCUT2D eigenvalue weighted by atomic mass is 10.3. The molecule has 1 aromatic carbocycles. The van der Waals surface area contributed by atoms with Crippen molar-refractivity contribution in [3.8, 4) is 0 Å². The van der Waals surface area contributed by atoms with Crippen LogP contribution in [0.2, 0.25) is 0 Å². The van der Waals surface area contributed by atoms with Gasteiger partial charge in [-0.25, -0.2) is 22.7 Å². The molecular formula is C11H12N4O2S. The Balaban J connectivity index is 2.44. The Hall–Kier alpha value is -2.15. The zero-order valence-electron chi connectivity index (χ0n) is 9.69. The lowest BCUT2D eigenvalue weighted by Gasteiger charge is -2.17. The molecule has 2 aromatic rings. The van der Waals surface area contributed by atoms with E-state index in [0.717, 1.165) is 4.31 Å². The third-order valence-corrected chi connectivity index (χ3v) is 4.08. The topological polar surface area (TPSA) is 89.2 Å². The summed E-state index contributed by atoms with van der Waals surface area (Å²) in [5, 5.41) is 0. The second-order valence-electron chi connectivity index (χ2n) is 3.59. The molecule has 0 saturated carbocycles. The monoisotopic (exact) mass is 264 g/mol. The van der Waals surface area contributed by atoms with Crippen LogP contribution < -0.4 is 10.0 Å². The number of nitrogen functional groups attached to an aromatic ring is 1. The molecule has 0 bridgehead atoms. The van der Waals surface area contributed by atoms with Crippen molar-refractivity contribution in [1.29, 1.82) is 0 Å². The van der Waals surface area contributed by atoms with Crippen LogP contribution in [0.25, 0.3) is 0 Å². The van der Waals surface area contributed by atoms with E-state index in [9.17, 15) is 8.42 Å². The van der Waals surface area contributed by atoms with Crippen LogP contribution in [-0.2, 0) is 10.0 Å². The SMILES string of the molecule is CN(c1ncccn1)S(=O)(=O)c1cccc(N)c1. The minimum Gasteiger partial charge on any atom is -0.399 e. The maximum atomic E-state index is 12.3. The summed E-state index contributed by atoms with van der Waals surface area (Å²) in [6.07, 6.45) is 2.96. The van der Waals surface area contributed by atoms with Gasteiger partial charge in [-0.05, 0) is 24.3 Å². The number of sulfonamides is 1. The predicted molar refractivity (Wildman–Crippen MR) is 68.5 cm³/mol. The number of hydrogen-bond acceptors (Lipinski definition) is 5. The molecule has 0 amide bonds. The number of anilines is 2. The van der Waals surface area contributed by atoms with Gasteiger partial charge in [-0.15, -0.1) is 0 Å². The third-order valence-electron chi connectivity index (χ3n) is 2.35. The number of rotatable bonds is 3. The fourth-order valence-corrected chi connectivity index (χ4v) is 2.56. The molecule has 2 rings (SSSR count). The van der Waals surface area contributed by atoms with Crippen LogP contribution in [0.4, 0.5) is 11.6 Å². The van der Waals surface area contributed by atoms with E-state index in [2.05, 4.69) is 9.97 Å². The van der Waals surface area contributed by atoms with Gasteiger partial charge in [-0.1, -0.05) is 6.07 Å². The molecule has 0 spiro atoms.